The summed E-state index contributed by atoms with van der Waals surface area (Å²) < 4.78 is 17.1. The lowest BCUT2D eigenvalue weighted by Gasteiger charge is -2.24. The van der Waals surface area contributed by atoms with Crippen LogP contribution in [-0.4, -0.2) is 76.2 Å². The molecule has 0 aromatic carbocycles. The summed E-state index contributed by atoms with van der Waals surface area (Å²) in [6.45, 7) is -0.219. The number of carboxylic acid groups (broad SMARTS) is 1. The van der Waals surface area contributed by atoms with E-state index in [4.69, 9.17) is 24.6 Å². The first-order valence-electron chi connectivity index (χ1n) is 8.79. The minimum atomic E-state index is -4.07. The number of nitrogens with two attached hydrogens (primary N) is 1. The van der Waals surface area contributed by atoms with Gasteiger partial charge in [-0.1, -0.05) is 11.8 Å². The molecule has 16 heteroatoms. The van der Waals surface area contributed by atoms with Gasteiger partial charge in [-0.2, -0.15) is 19.3 Å². The number of aliphatic hydroxyl groups excluding tert-OH is 1. The summed E-state index contributed by atoms with van der Waals surface area (Å²) in [4.78, 5) is 53.0. The molecule has 0 bridgehead atoms. The number of carboxylic acids is 1. The van der Waals surface area contributed by atoms with Crippen molar-refractivity contribution >= 4 is 43.0 Å². The third-order valence-corrected chi connectivity index (χ3v) is 6.58. The van der Waals surface area contributed by atoms with Crippen LogP contribution in [0.15, 0.2) is 9.95 Å². The average Bonchev–Trinajstić information content (AvgIpc) is 3.16. The molecule has 2 aliphatic heterocycles. The van der Waals surface area contributed by atoms with Crippen LogP contribution in [0.2, 0.25) is 0 Å². The van der Waals surface area contributed by atoms with Gasteiger partial charge in [-0.25, -0.2) is 4.98 Å². The fourth-order valence-electron chi connectivity index (χ4n) is 3.26. The lowest BCUT2D eigenvalue weighted by atomic mass is 10.1. The fourth-order valence-corrected chi connectivity index (χ4v) is 5.19. The molecule has 4 atom stereocenters. The van der Waals surface area contributed by atoms with Crippen molar-refractivity contribution in [2.24, 2.45) is 0 Å². The molecule has 164 valence electrons. The lowest BCUT2D eigenvalue weighted by molar-refractivity contribution is -0.137. The second kappa shape index (κ2) is 8.01. The van der Waals surface area contributed by atoms with Crippen LogP contribution < -0.4 is 11.3 Å². The molecule has 7 N–H and O–H groups in total. The topological polar surface area (TPSA) is 215 Å². The van der Waals surface area contributed by atoms with E-state index in [-0.39, 0.29) is 35.3 Å². The second-order valence-corrected chi connectivity index (χ2v) is 9.16. The van der Waals surface area contributed by atoms with Gasteiger partial charge in [-0.3, -0.25) is 19.1 Å². The Balaban J connectivity index is 1.70. The standard InChI is InChI=1S/C14H18N5O9PS/c15-13-17-10-7(11(23)18-13)16-14(30-3-1-2-6(20)21)19(10)12-8(22)9-5(27-12)4-26-29(24,25)28-9/h5,8-9,12,22,24-25H,1-4H2,(H3-,15,17,18,20,21,23)/p+1/t5?,8?,9-,12-/m1/s1. The minimum Gasteiger partial charge on any atom is -0.481 e. The van der Waals surface area contributed by atoms with E-state index in [1.54, 1.807) is 0 Å². The third kappa shape index (κ3) is 4.02. The summed E-state index contributed by atoms with van der Waals surface area (Å²) in [6, 6.07) is 0. The number of nitrogens with zero attached hydrogens (tertiary/aromatic N) is 3. The summed E-state index contributed by atoms with van der Waals surface area (Å²) in [5, 5.41) is 19.8. The number of H-pyrrole nitrogens is 1. The maximum Gasteiger partial charge on any atom is 0.570 e. The zero-order valence-electron chi connectivity index (χ0n) is 15.2. The highest BCUT2D eigenvalue weighted by molar-refractivity contribution is 7.99. The van der Waals surface area contributed by atoms with Gasteiger partial charge in [0.1, 0.15) is 18.8 Å². The molecule has 0 amide bonds. The number of carbonyl (C=O) groups is 1. The molecule has 30 heavy (non-hydrogen) atoms. The Morgan fingerprint density at radius 1 is 1.40 bits per heavy atom. The van der Waals surface area contributed by atoms with E-state index in [0.29, 0.717) is 12.2 Å². The van der Waals surface area contributed by atoms with Crippen LogP contribution in [0.3, 0.4) is 0 Å². The van der Waals surface area contributed by atoms with E-state index in [1.807, 2.05) is 0 Å². The van der Waals surface area contributed by atoms with Crippen molar-refractivity contribution in [3.8, 4) is 0 Å². The first-order valence-corrected chi connectivity index (χ1v) is 11.3. The molecule has 2 fully saturated rings. The Morgan fingerprint density at radius 3 is 2.90 bits per heavy atom. The van der Waals surface area contributed by atoms with Gasteiger partial charge in [0.25, 0.3) is 5.56 Å². The Bertz CT molecular complexity index is 1030. The lowest BCUT2D eigenvalue weighted by Crippen LogP contribution is -2.40. The van der Waals surface area contributed by atoms with Crippen molar-refractivity contribution in [1.29, 1.82) is 0 Å². The number of aliphatic carboxylic acids is 1. The van der Waals surface area contributed by atoms with Crippen molar-refractivity contribution in [1.82, 2.24) is 19.5 Å². The maximum absolute atomic E-state index is 12.3. The number of rotatable bonds is 6. The van der Waals surface area contributed by atoms with E-state index in [1.165, 1.54) is 4.57 Å². The van der Waals surface area contributed by atoms with Crippen molar-refractivity contribution < 1.29 is 38.6 Å². The number of ether oxygens (including phenoxy) is 1. The molecule has 0 radical (unpaired) electrons. The summed E-state index contributed by atoms with van der Waals surface area (Å²) in [6.07, 6.45) is -4.10. The van der Waals surface area contributed by atoms with Gasteiger partial charge in [0.05, 0.1) is 0 Å². The van der Waals surface area contributed by atoms with Gasteiger partial charge in [0.15, 0.2) is 28.7 Å². The first kappa shape index (κ1) is 21.4. The van der Waals surface area contributed by atoms with E-state index >= 15 is 0 Å². The molecule has 0 saturated carbocycles. The number of anilines is 1. The molecular weight excluding hydrogens is 445 g/mol. The number of hydrogen-bond acceptors (Lipinski definition) is 12. The fraction of sp³-hybridized carbons (Fsp3) is 0.571. The van der Waals surface area contributed by atoms with Crippen molar-refractivity contribution in [2.45, 2.75) is 42.5 Å². The smallest absolute Gasteiger partial charge is 0.481 e. The highest BCUT2D eigenvalue weighted by atomic mass is 32.2. The van der Waals surface area contributed by atoms with E-state index < -0.39 is 44.2 Å². The largest absolute Gasteiger partial charge is 0.570 e. The highest BCUT2D eigenvalue weighted by Gasteiger charge is 2.60. The van der Waals surface area contributed by atoms with Gasteiger partial charge < -0.3 is 20.7 Å². The van der Waals surface area contributed by atoms with Crippen LogP contribution >= 0.6 is 19.9 Å². The van der Waals surface area contributed by atoms with Crippen molar-refractivity contribution in [2.75, 3.05) is 18.1 Å². The first-order chi connectivity index (χ1) is 14.2. The van der Waals surface area contributed by atoms with E-state index in [2.05, 4.69) is 15.0 Å². The molecule has 2 unspecified atom stereocenters. The average molecular weight is 464 g/mol. The number of aromatic nitrogens is 4. The minimum absolute atomic E-state index is 0.0426. The number of hydrogen-bond donors (Lipinski definition) is 6. The van der Waals surface area contributed by atoms with Crippen LogP contribution in [0.5, 0.6) is 0 Å². The van der Waals surface area contributed by atoms with Gasteiger partial charge in [-0.15, -0.1) is 4.52 Å². The van der Waals surface area contributed by atoms with Gasteiger partial charge in [-0.05, 0) is 6.42 Å². The van der Waals surface area contributed by atoms with Gasteiger partial charge in [0.2, 0.25) is 5.95 Å². The Kier molecular flexibility index (Phi) is 5.71. The van der Waals surface area contributed by atoms with Crippen molar-refractivity contribution in [3.63, 3.8) is 0 Å². The van der Waals surface area contributed by atoms with Gasteiger partial charge in [0, 0.05) is 12.2 Å². The Labute approximate surface area is 172 Å². The maximum atomic E-state index is 12.3. The molecule has 2 aromatic heterocycles. The van der Waals surface area contributed by atoms with Crippen LogP contribution in [0, 0.1) is 0 Å². The predicted octanol–water partition coefficient (Wildman–Crippen LogP) is -1.01. The number of fused-ring (bicyclic) bond motifs is 2. The summed E-state index contributed by atoms with van der Waals surface area (Å²) in [5.74, 6) is -0.748. The molecule has 2 aliphatic rings. The molecule has 4 rings (SSSR count). The number of nitrogen functional groups attached to an aromatic ring is 1. The monoisotopic (exact) mass is 464 g/mol. The van der Waals surface area contributed by atoms with Crippen LogP contribution in [0.25, 0.3) is 11.2 Å². The Hall–Kier alpha value is -1.84. The molecule has 4 heterocycles. The molecule has 14 nitrogen and oxygen atoms in total. The number of thioether (sulfide) groups is 1. The summed E-state index contributed by atoms with van der Waals surface area (Å²) in [7, 11) is -4.07. The number of aliphatic hydroxyl groups is 1. The molecule has 2 saturated heterocycles. The van der Waals surface area contributed by atoms with Crippen molar-refractivity contribution in [3.05, 3.63) is 10.4 Å². The normalized spacial score (nSPS) is 28.0. The van der Waals surface area contributed by atoms with E-state index in [9.17, 15) is 24.5 Å². The zero-order valence-corrected chi connectivity index (χ0v) is 17.0. The number of aromatic amines is 1. The zero-order chi connectivity index (χ0) is 21.6. The molecular formula is C14H19N5O9PS+. The Morgan fingerprint density at radius 2 is 2.17 bits per heavy atom. The SMILES string of the molecule is Nc1nc2c(nc(SCCCC(=O)O)n2[C@@H]2OC3CO[P+](O)(O)O[C@H]3C2O)c(=O)[nH]1. The summed E-state index contributed by atoms with van der Waals surface area (Å²) >= 11 is 1.15. The van der Waals surface area contributed by atoms with Crippen LogP contribution in [0.1, 0.15) is 19.1 Å². The van der Waals surface area contributed by atoms with Gasteiger partial charge >= 0.3 is 14.1 Å². The molecule has 0 aliphatic carbocycles. The van der Waals surface area contributed by atoms with E-state index in [0.717, 1.165) is 11.8 Å². The predicted molar refractivity (Wildman–Crippen MR) is 102 cm³/mol. The quantitative estimate of drug-likeness (QED) is 0.172. The van der Waals surface area contributed by atoms with Crippen LogP contribution in [-0.2, 0) is 18.6 Å². The third-order valence-electron chi connectivity index (χ3n) is 4.53. The second-order valence-electron chi connectivity index (χ2n) is 6.65. The number of nitrogens with one attached hydrogen (secondary N) is 1. The number of imidazole rings is 1. The molecule has 0 spiro atoms. The summed E-state index contributed by atoms with van der Waals surface area (Å²) in [5.41, 5.74) is 5.07. The highest BCUT2D eigenvalue weighted by Crippen LogP contribution is 2.59. The van der Waals surface area contributed by atoms with Crippen LogP contribution in [0.4, 0.5) is 5.95 Å². The molecule has 2 aromatic rings.